The molecule has 0 spiro atoms. The van der Waals surface area contributed by atoms with Crippen molar-refractivity contribution in [1.82, 2.24) is 4.90 Å². The predicted molar refractivity (Wildman–Crippen MR) is 75.2 cm³/mol. The topological polar surface area (TPSA) is 20.3 Å². The number of halogens is 2. The molecule has 0 aliphatic carbocycles. The van der Waals surface area contributed by atoms with E-state index >= 15 is 0 Å². The van der Waals surface area contributed by atoms with Crippen molar-refractivity contribution in [2.75, 3.05) is 13.1 Å². The van der Waals surface area contributed by atoms with E-state index in [0.29, 0.717) is 16.0 Å². The van der Waals surface area contributed by atoms with Crippen molar-refractivity contribution in [3.63, 3.8) is 0 Å². The second kappa shape index (κ2) is 5.50. The van der Waals surface area contributed by atoms with Gasteiger partial charge in [0.1, 0.15) is 0 Å². The lowest BCUT2D eigenvalue weighted by molar-refractivity contribution is -0.133. The molecular formula is C14H17Cl2NO. The molecule has 18 heavy (non-hydrogen) atoms. The van der Waals surface area contributed by atoms with Gasteiger partial charge in [-0.25, -0.2) is 0 Å². The Balaban J connectivity index is 2.14. The predicted octanol–water partition coefficient (Wildman–Crippen LogP) is 3.97. The fourth-order valence-corrected chi connectivity index (χ4v) is 2.88. The van der Waals surface area contributed by atoms with Gasteiger partial charge in [0, 0.05) is 24.9 Å². The van der Waals surface area contributed by atoms with Crippen LogP contribution in [0.1, 0.15) is 31.7 Å². The molecule has 98 valence electrons. The van der Waals surface area contributed by atoms with Crippen LogP contribution in [-0.4, -0.2) is 23.9 Å². The molecule has 1 aromatic carbocycles. The largest absolute Gasteiger partial charge is 0.342 e. The summed E-state index contributed by atoms with van der Waals surface area (Å²) >= 11 is 12.3. The molecule has 4 heteroatoms. The molecular weight excluding hydrogens is 269 g/mol. The summed E-state index contributed by atoms with van der Waals surface area (Å²) in [5.74, 6) is 0.577. The van der Waals surface area contributed by atoms with E-state index in [1.54, 1.807) is 6.07 Å². The van der Waals surface area contributed by atoms with Crippen LogP contribution in [0.4, 0.5) is 0 Å². The number of rotatable bonds is 2. The Kier molecular flexibility index (Phi) is 4.18. The highest BCUT2D eigenvalue weighted by molar-refractivity contribution is 6.42. The molecule has 0 aromatic heterocycles. The monoisotopic (exact) mass is 285 g/mol. The van der Waals surface area contributed by atoms with Crippen molar-refractivity contribution in [1.29, 1.82) is 0 Å². The first-order valence-electron chi connectivity index (χ1n) is 6.23. The van der Waals surface area contributed by atoms with Crippen molar-refractivity contribution in [3.05, 3.63) is 33.8 Å². The molecule has 1 aliphatic heterocycles. The van der Waals surface area contributed by atoms with E-state index in [9.17, 15) is 4.79 Å². The lowest BCUT2D eigenvalue weighted by Crippen LogP contribution is -2.31. The first kappa shape index (κ1) is 13.7. The van der Waals surface area contributed by atoms with Crippen molar-refractivity contribution in [3.8, 4) is 0 Å². The zero-order valence-corrected chi connectivity index (χ0v) is 12.1. The second-order valence-corrected chi connectivity index (χ2v) is 5.85. The lowest BCUT2D eigenvalue weighted by Gasteiger charge is -2.19. The summed E-state index contributed by atoms with van der Waals surface area (Å²) in [6, 6.07) is 5.71. The summed E-state index contributed by atoms with van der Waals surface area (Å²) in [6.07, 6.45) is 0.957. The Morgan fingerprint density at radius 2 is 2.11 bits per heavy atom. The fourth-order valence-electron chi connectivity index (χ4n) is 2.42. The summed E-state index contributed by atoms with van der Waals surface area (Å²) in [7, 11) is 0. The zero-order chi connectivity index (χ0) is 13.3. The highest BCUT2D eigenvalue weighted by Gasteiger charge is 2.29. The second-order valence-electron chi connectivity index (χ2n) is 5.07. The van der Waals surface area contributed by atoms with Gasteiger partial charge in [0.15, 0.2) is 0 Å². The molecule has 2 rings (SSSR count). The van der Waals surface area contributed by atoms with E-state index in [-0.39, 0.29) is 11.8 Å². The van der Waals surface area contributed by atoms with Crippen molar-refractivity contribution >= 4 is 29.1 Å². The number of likely N-dealkylation sites (tertiary alicyclic amines) is 1. The van der Waals surface area contributed by atoms with Crippen LogP contribution >= 0.6 is 23.2 Å². The standard InChI is InChI=1S/C14H17Cl2NO/c1-9(2)14(18)17-7-6-10(8-17)11-4-3-5-12(15)13(11)16/h3-5,9-10H,6-8H2,1-2H3. The molecule has 1 saturated heterocycles. The molecule has 2 nitrogen and oxygen atoms in total. The third kappa shape index (κ3) is 2.65. The smallest absolute Gasteiger partial charge is 0.225 e. The van der Waals surface area contributed by atoms with Crippen LogP contribution in [0.5, 0.6) is 0 Å². The Morgan fingerprint density at radius 3 is 2.78 bits per heavy atom. The number of hydrogen-bond acceptors (Lipinski definition) is 1. The number of nitrogens with zero attached hydrogens (tertiary/aromatic N) is 1. The summed E-state index contributed by atoms with van der Waals surface area (Å²) in [6.45, 7) is 5.42. The maximum absolute atomic E-state index is 11.9. The zero-order valence-electron chi connectivity index (χ0n) is 10.6. The average molecular weight is 286 g/mol. The molecule has 0 radical (unpaired) electrons. The summed E-state index contributed by atoms with van der Waals surface area (Å²) < 4.78 is 0. The molecule has 1 fully saturated rings. The fraction of sp³-hybridized carbons (Fsp3) is 0.500. The highest BCUT2D eigenvalue weighted by atomic mass is 35.5. The third-order valence-electron chi connectivity index (χ3n) is 3.42. The molecule has 0 bridgehead atoms. The first-order valence-corrected chi connectivity index (χ1v) is 6.99. The summed E-state index contributed by atoms with van der Waals surface area (Å²) in [4.78, 5) is 13.9. The van der Waals surface area contributed by atoms with E-state index < -0.39 is 0 Å². The summed E-state index contributed by atoms with van der Waals surface area (Å²) in [5.41, 5.74) is 1.06. The first-order chi connectivity index (χ1) is 8.50. The minimum atomic E-state index is 0.0542. The van der Waals surface area contributed by atoms with E-state index in [2.05, 4.69) is 0 Å². The molecule has 0 N–H and O–H groups in total. The van der Waals surface area contributed by atoms with Crippen LogP contribution in [0.2, 0.25) is 10.0 Å². The minimum absolute atomic E-state index is 0.0542. The molecule has 1 unspecified atom stereocenters. The van der Waals surface area contributed by atoms with Crippen LogP contribution in [0, 0.1) is 5.92 Å². The van der Waals surface area contributed by atoms with Gasteiger partial charge in [-0.15, -0.1) is 0 Å². The Bertz CT molecular complexity index is 459. The lowest BCUT2D eigenvalue weighted by atomic mass is 9.98. The van der Waals surface area contributed by atoms with Crippen molar-refractivity contribution < 1.29 is 4.79 Å². The Morgan fingerprint density at radius 1 is 1.39 bits per heavy atom. The number of benzene rings is 1. The van der Waals surface area contributed by atoms with E-state index in [1.165, 1.54) is 0 Å². The number of amides is 1. The number of carbonyl (C=O) groups excluding carboxylic acids is 1. The van der Waals surface area contributed by atoms with Gasteiger partial charge < -0.3 is 4.90 Å². The maximum atomic E-state index is 11.9. The molecule has 1 aliphatic rings. The van der Waals surface area contributed by atoms with E-state index in [4.69, 9.17) is 23.2 Å². The Labute approximate surface area is 118 Å². The normalized spacial score (nSPS) is 19.6. The minimum Gasteiger partial charge on any atom is -0.342 e. The van der Waals surface area contributed by atoms with Crippen LogP contribution in [0.25, 0.3) is 0 Å². The van der Waals surface area contributed by atoms with Crippen LogP contribution in [0.3, 0.4) is 0 Å². The van der Waals surface area contributed by atoms with Gasteiger partial charge in [-0.1, -0.05) is 49.2 Å². The van der Waals surface area contributed by atoms with Crippen LogP contribution in [0.15, 0.2) is 18.2 Å². The van der Waals surface area contributed by atoms with Crippen LogP contribution < -0.4 is 0 Å². The molecule has 0 saturated carbocycles. The van der Waals surface area contributed by atoms with Gasteiger partial charge in [-0.05, 0) is 18.1 Å². The SMILES string of the molecule is CC(C)C(=O)N1CCC(c2cccc(Cl)c2Cl)C1. The van der Waals surface area contributed by atoms with Gasteiger partial charge in [0.05, 0.1) is 10.0 Å². The van der Waals surface area contributed by atoms with Crippen LogP contribution in [-0.2, 0) is 4.79 Å². The number of carbonyl (C=O) groups is 1. The van der Waals surface area contributed by atoms with E-state index in [1.807, 2.05) is 30.9 Å². The number of hydrogen-bond donors (Lipinski definition) is 0. The van der Waals surface area contributed by atoms with Gasteiger partial charge >= 0.3 is 0 Å². The van der Waals surface area contributed by atoms with Gasteiger partial charge in [-0.2, -0.15) is 0 Å². The quantitative estimate of drug-likeness (QED) is 0.805. The molecule has 1 aromatic rings. The van der Waals surface area contributed by atoms with Crippen molar-refractivity contribution in [2.45, 2.75) is 26.2 Å². The highest BCUT2D eigenvalue weighted by Crippen LogP contribution is 2.35. The molecule has 1 amide bonds. The summed E-state index contributed by atoms with van der Waals surface area (Å²) in [5, 5.41) is 1.21. The van der Waals surface area contributed by atoms with Gasteiger partial charge in [0.25, 0.3) is 0 Å². The van der Waals surface area contributed by atoms with Crippen molar-refractivity contribution in [2.24, 2.45) is 5.92 Å². The van der Waals surface area contributed by atoms with E-state index in [0.717, 1.165) is 25.1 Å². The molecule has 1 heterocycles. The third-order valence-corrected chi connectivity index (χ3v) is 4.25. The van der Waals surface area contributed by atoms with Gasteiger partial charge in [-0.3, -0.25) is 4.79 Å². The average Bonchev–Trinajstić information content (AvgIpc) is 2.80. The Hall–Kier alpha value is -0.730. The van der Waals surface area contributed by atoms with Gasteiger partial charge in [0.2, 0.25) is 5.91 Å². The molecule has 1 atom stereocenters. The maximum Gasteiger partial charge on any atom is 0.225 e.